The molecule has 0 spiro atoms. The van der Waals surface area contributed by atoms with Crippen LogP contribution in [-0.2, 0) is 25.8 Å². The van der Waals surface area contributed by atoms with Crippen LogP contribution in [0.2, 0.25) is 0 Å². The Morgan fingerprint density at radius 2 is 1.70 bits per heavy atom. The molecule has 1 heterocycles. The minimum Gasteiger partial charge on any atom is -0.454 e. The average molecular weight is 387 g/mol. The third kappa shape index (κ3) is 3.90. The van der Waals surface area contributed by atoms with Gasteiger partial charge < -0.3 is 9.64 Å². The van der Waals surface area contributed by atoms with E-state index in [4.69, 9.17) is 4.74 Å². The Morgan fingerprint density at radius 3 is 2.33 bits per heavy atom. The largest absolute Gasteiger partial charge is 0.454 e. The van der Waals surface area contributed by atoms with Crippen LogP contribution in [0.1, 0.15) is 26.3 Å². The molecule has 0 aliphatic carbocycles. The van der Waals surface area contributed by atoms with Gasteiger partial charge in [-0.2, -0.15) is 0 Å². The second kappa shape index (κ2) is 6.96. The number of hydrogen-bond acceptors (Lipinski definition) is 6. The van der Waals surface area contributed by atoms with E-state index < -0.39 is 22.4 Å². The minimum absolute atomic E-state index is 0.0430. The molecule has 0 bridgehead atoms. The van der Waals surface area contributed by atoms with Gasteiger partial charge in [0.25, 0.3) is 0 Å². The number of esters is 1. The zero-order chi connectivity index (χ0) is 19.8. The van der Waals surface area contributed by atoms with Gasteiger partial charge in [-0.05, 0) is 48.0 Å². The van der Waals surface area contributed by atoms with E-state index in [1.54, 1.807) is 25.2 Å². The van der Waals surface area contributed by atoms with Gasteiger partial charge in [0.2, 0.25) is 5.91 Å². The smallest absolute Gasteiger partial charge is 0.338 e. The molecule has 0 aromatic heterocycles. The minimum atomic E-state index is -3.35. The first kappa shape index (κ1) is 18.8. The molecule has 0 fully saturated rings. The summed E-state index contributed by atoms with van der Waals surface area (Å²) in [6.07, 6.45) is 1.31. The molecule has 0 unspecified atom stereocenters. The highest BCUT2D eigenvalue weighted by molar-refractivity contribution is 7.90. The van der Waals surface area contributed by atoms with E-state index in [1.165, 1.54) is 29.2 Å². The average Bonchev–Trinajstić information content (AvgIpc) is 2.92. The number of hydrogen-bond donors (Lipinski definition) is 0. The van der Waals surface area contributed by atoms with E-state index in [9.17, 15) is 22.8 Å². The summed E-state index contributed by atoms with van der Waals surface area (Å²) in [7, 11) is -1.68. The van der Waals surface area contributed by atoms with Gasteiger partial charge in [-0.3, -0.25) is 9.59 Å². The van der Waals surface area contributed by atoms with Gasteiger partial charge >= 0.3 is 5.97 Å². The Hall–Kier alpha value is -3.00. The van der Waals surface area contributed by atoms with Crippen molar-refractivity contribution in [3.63, 3.8) is 0 Å². The van der Waals surface area contributed by atoms with Crippen molar-refractivity contribution in [2.45, 2.75) is 11.3 Å². The highest BCUT2D eigenvalue weighted by Crippen LogP contribution is 2.28. The number of anilines is 1. The number of amides is 1. The fourth-order valence-corrected chi connectivity index (χ4v) is 3.41. The van der Waals surface area contributed by atoms with Gasteiger partial charge in [0, 0.05) is 24.6 Å². The number of likely N-dealkylation sites (N-methyl/N-ethyl adjacent to an activating group) is 1. The summed E-state index contributed by atoms with van der Waals surface area (Å²) >= 11 is 0. The second-order valence-corrected chi connectivity index (χ2v) is 8.28. The van der Waals surface area contributed by atoms with Crippen molar-refractivity contribution < 1.29 is 27.5 Å². The molecule has 1 amide bonds. The maximum Gasteiger partial charge on any atom is 0.338 e. The number of fused-ring (bicyclic) bond motifs is 1. The summed E-state index contributed by atoms with van der Waals surface area (Å²) in [5.41, 5.74) is 2.03. The lowest BCUT2D eigenvalue weighted by atomic mass is 10.1. The zero-order valence-electron chi connectivity index (χ0n) is 14.8. The Kier molecular flexibility index (Phi) is 4.84. The van der Waals surface area contributed by atoms with Gasteiger partial charge in [0.15, 0.2) is 22.2 Å². The standard InChI is InChI=1S/C19H17NO6S/c1-20-16-8-5-13(9-14(16)10-18(20)22)17(21)11-26-19(23)12-3-6-15(7-4-12)27(2,24)25/h3-9H,10-11H2,1-2H3. The van der Waals surface area contributed by atoms with Crippen LogP contribution in [0, 0.1) is 0 Å². The molecule has 1 aliphatic rings. The molecule has 27 heavy (non-hydrogen) atoms. The van der Waals surface area contributed by atoms with Crippen molar-refractivity contribution in [1.82, 2.24) is 0 Å². The first-order chi connectivity index (χ1) is 12.7. The van der Waals surface area contributed by atoms with E-state index in [0.717, 1.165) is 17.5 Å². The van der Waals surface area contributed by atoms with Gasteiger partial charge in [-0.25, -0.2) is 13.2 Å². The number of benzene rings is 2. The summed E-state index contributed by atoms with van der Waals surface area (Å²) < 4.78 is 27.9. The molecular formula is C19H17NO6S. The lowest BCUT2D eigenvalue weighted by Crippen LogP contribution is -2.20. The van der Waals surface area contributed by atoms with E-state index >= 15 is 0 Å². The van der Waals surface area contributed by atoms with E-state index in [0.29, 0.717) is 5.56 Å². The number of carbonyl (C=O) groups excluding carboxylic acids is 3. The monoisotopic (exact) mass is 387 g/mol. The van der Waals surface area contributed by atoms with Gasteiger partial charge in [-0.15, -0.1) is 0 Å². The van der Waals surface area contributed by atoms with Gasteiger partial charge in [0.1, 0.15) is 0 Å². The lowest BCUT2D eigenvalue weighted by Gasteiger charge is -2.10. The summed E-state index contributed by atoms with van der Waals surface area (Å²) in [5, 5.41) is 0. The maximum atomic E-state index is 12.3. The number of sulfone groups is 1. The van der Waals surface area contributed by atoms with Crippen LogP contribution in [0.4, 0.5) is 5.69 Å². The number of rotatable bonds is 5. The van der Waals surface area contributed by atoms with Crippen molar-refractivity contribution >= 4 is 33.2 Å². The SMILES string of the molecule is CN1C(=O)Cc2cc(C(=O)COC(=O)c3ccc(S(C)(=O)=O)cc3)ccc21. The van der Waals surface area contributed by atoms with Crippen LogP contribution in [0.15, 0.2) is 47.4 Å². The molecule has 0 radical (unpaired) electrons. The quantitative estimate of drug-likeness (QED) is 0.572. The predicted molar refractivity (Wildman–Crippen MR) is 97.7 cm³/mol. The van der Waals surface area contributed by atoms with Crippen LogP contribution < -0.4 is 4.90 Å². The van der Waals surface area contributed by atoms with Gasteiger partial charge in [0.05, 0.1) is 16.9 Å². The maximum absolute atomic E-state index is 12.3. The van der Waals surface area contributed by atoms with Crippen molar-refractivity contribution in [3.05, 3.63) is 59.2 Å². The molecule has 1 aliphatic heterocycles. The number of carbonyl (C=O) groups is 3. The van der Waals surface area contributed by atoms with Crippen LogP contribution in [0.25, 0.3) is 0 Å². The second-order valence-electron chi connectivity index (χ2n) is 6.27. The molecule has 2 aromatic carbocycles. The van der Waals surface area contributed by atoms with Crippen LogP contribution >= 0.6 is 0 Å². The Morgan fingerprint density at radius 1 is 1.07 bits per heavy atom. The Bertz CT molecular complexity index is 1040. The Labute approximate surface area is 156 Å². The van der Waals surface area contributed by atoms with Crippen molar-refractivity contribution in [2.75, 3.05) is 24.8 Å². The topological polar surface area (TPSA) is 97.8 Å². The number of ketones is 1. The first-order valence-electron chi connectivity index (χ1n) is 8.07. The third-order valence-corrected chi connectivity index (χ3v) is 5.46. The predicted octanol–water partition coefficient (Wildman–Crippen LogP) is 1.65. The molecule has 3 rings (SSSR count). The van der Waals surface area contributed by atoms with Gasteiger partial charge in [-0.1, -0.05) is 0 Å². The van der Waals surface area contributed by atoms with Crippen LogP contribution in [0.3, 0.4) is 0 Å². The molecule has 0 saturated carbocycles. The Balaban J connectivity index is 1.65. The highest BCUT2D eigenvalue weighted by Gasteiger charge is 2.25. The van der Waals surface area contributed by atoms with E-state index in [-0.39, 0.29) is 28.6 Å². The fourth-order valence-electron chi connectivity index (χ4n) is 2.78. The number of ether oxygens (including phenoxy) is 1. The molecule has 140 valence electrons. The fraction of sp³-hybridized carbons (Fsp3) is 0.211. The zero-order valence-corrected chi connectivity index (χ0v) is 15.6. The van der Waals surface area contributed by atoms with E-state index in [2.05, 4.69) is 0 Å². The highest BCUT2D eigenvalue weighted by atomic mass is 32.2. The summed E-state index contributed by atoms with van der Waals surface area (Å²) in [4.78, 5) is 37.6. The van der Waals surface area contributed by atoms with Crippen molar-refractivity contribution in [1.29, 1.82) is 0 Å². The summed E-state index contributed by atoms with van der Waals surface area (Å²) in [5.74, 6) is -1.15. The molecule has 8 heteroatoms. The number of Topliss-reactive ketones (excluding diaryl/α,β-unsaturated/α-hetero) is 1. The van der Waals surface area contributed by atoms with Crippen LogP contribution in [-0.4, -0.2) is 46.0 Å². The molecule has 2 aromatic rings. The van der Waals surface area contributed by atoms with Crippen LogP contribution in [0.5, 0.6) is 0 Å². The lowest BCUT2D eigenvalue weighted by molar-refractivity contribution is -0.117. The molecule has 0 atom stereocenters. The summed E-state index contributed by atoms with van der Waals surface area (Å²) in [6.45, 7) is -0.449. The van der Waals surface area contributed by atoms with E-state index in [1.807, 2.05) is 0 Å². The molecule has 7 nitrogen and oxygen atoms in total. The molecular weight excluding hydrogens is 370 g/mol. The first-order valence-corrected chi connectivity index (χ1v) is 9.96. The molecule has 0 N–H and O–H groups in total. The van der Waals surface area contributed by atoms with Crippen molar-refractivity contribution in [3.8, 4) is 0 Å². The normalized spacial score (nSPS) is 13.4. The summed E-state index contributed by atoms with van der Waals surface area (Å²) in [6, 6.07) is 10.2. The molecule has 0 saturated heterocycles. The third-order valence-electron chi connectivity index (χ3n) is 4.33. The van der Waals surface area contributed by atoms with Crippen molar-refractivity contribution in [2.24, 2.45) is 0 Å². The number of nitrogens with zero attached hydrogens (tertiary/aromatic N) is 1.